The highest BCUT2D eigenvalue weighted by molar-refractivity contribution is 5.88. The van der Waals surface area contributed by atoms with Crippen molar-refractivity contribution in [2.75, 3.05) is 26.1 Å². The maximum atomic E-state index is 11.6. The summed E-state index contributed by atoms with van der Waals surface area (Å²) in [6, 6.07) is 15.3. The number of rotatable bonds is 6. The minimum Gasteiger partial charge on any atom is -0.493 e. The Labute approximate surface area is 136 Å². The number of aryl methyl sites for hydroxylation is 1. The Balaban J connectivity index is 1.82. The molecule has 2 aromatic carbocycles. The van der Waals surface area contributed by atoms with Crippen LogP contribution < -0.4 is 10.1 Å². The van der Waals surface area contributed by atoms with Gasteiger partial charge in [0.2, 0.25) is 0 Å². The fraction of sp³-hybridized carbons (Fsp3) is 0.278. The van der Waals surface area contributed by atoms with Gasteiger partial charge in [0, 0.05) is 19.2 Å². The van der Waals surface area contributed by atoms with Gasteiger partial charge in [0.25, 0.3) is 0 Å². The number of amides is 2. The van der Waals surface area contributed by atoms with E-state index < -0.39 is 0 Å². The summed E-state index contributed by atoms with van der Waals surface area (Å²) in [5, 5.41) is 3.83. The van der Waals surface area contributed by atoms with E-state index in [1.54, 1.807) is 12.1 Å². The van der Waals surface area contributed by atoms with Crippen molar-refractivity contribution in [1.82, 2.24) is 5.06 Å². The van der Waals surface area contributed by atoms with Crippen LogP contribution in [0.1, 0.15) is 11.1 Å². The van der Waals surface area contributed by atoms with Gasteiger partial charge in [0.1, 0.15) is 5.75 Å². The predicted octanol–water partition coefficient (Wildman–Crippen LogP) is 3.64. The van der Waals surface area contributed by atoms with E-state index in [1.807, 2.05) is 12.1 Å². The third kappa shape index (κ3) is 5.30. The number of benzene rings is 2. The first-order valence-electron chi connectivity index (χ1n) is 7.45. The molecule has 0 fully saturated rings. The highest BCUT2D eigenvalue weighted by Gasteiger charge is 2.07. The number of nitrogens with one attached hydrogen (secondary N) is 1. The van der Waals surface area contributed by atoms with E-state index in [0.717, 1.165) is 17.2 Å². The quantitative estimate of drug-likeness (QED) is 0.828. The van der Waals surface area contributed by atoms with Crippen LogP contribution in [0.4, 0.5) is 10.5 Å². The topological polar surface area (TPSA) is 50.8 Å². The van der Waals surface area contributed by atoms with Crippen molar-refractivity contribution >= 4 is 11.7 Å². The fourth-order valence-electron chi connectivity index (χ4n) is 2.07. The summed E-state index contributed by atoms with van der Waals surface area (Å²) < 4.78 is 5.73. The SMILES string of the molecule is CON(C)C(=O)Nc1ccc(OCCc2cccc(C)c2)cc1. The summed E-state index contributed by atoms with van der Waals surface area (Å²) in [5.74, 6) is 0.774. The first-order valence-corrected chi connectivity index (χ1v) is 7.45. The van der Waals surface area contributed by atoms with Gasteiger partial charge >= 0.3 is 6.03 Å². The minimum absolute atomic E-state index is 0.333. The van der Waals surface area contributed by atoms with Crippen LogP contribution in [-0.4, -0.2) is 31.9 Å². The van der Waals surface area contributed by atoms with E-state index in [-0.39, 0.29) is 6.03 Å². The zero-order valence-electron chi connectivity index (χ0n) is 13.7. The summed E-state index contributed by atoms with van der Waals surface area (Å²) in [6.45, 7) is 2.69. The second-order valence-corrected chi connectivity index (χ2v) is 5.22. The van der Waals surface area contributed by atoms with E-state index in [0.29, 0.717) is 12.3 Å². The van der Waals surface area contributed by atoms with Crippen molar-refractivity contribution in [3.8, 4) is 5.75 Å². The van der Waals surface area contributed by atoms with Gasteiger partial charge in [-0.25, -0.2) is 9.86 Å². The predicted molar refractivity (Wildman–Crippen MR) is 90.6 cm³/mol. The Morgan fingerprint density at radius 1 is 1.17 bits per heavy atom. The van der Waals surface area contributed by atoms with Gasteiger partial charge in [-0.05, 0) is 36.8 Å². The molecule has 0 bridgehead atoms. The van der Waals surface area contributed by atoms with Crippen LogP contribution in [0.25, 0.3) is 0 Å². The van der Waals surface area contributed by atoms with Crippen LogP contribution >= 0.6 is 0 Å². The molecule has 0 heterocycles. The molecule has 5 nitrogen and oxygen atoms in total. The molecular weight excluding hydrogens is 292 g/mol. The number of ether oxygens (including phenoxy) is 1. The summed E-state index contributed by atoms with van der Waals surface area (Å²) >= 11 is 0. The largest absolute Gasteiger partial charge is 0.493 e. The standard InChI is InChI=1S/C18H22N2O3/c1-14-5-4-6-15(13-14)11-12-23-17-9-7-16(8-10-17)19-18(21)20(2)22-3/h4-10,13H,11-12H2,1-3H3,(H,19,21). The van der Waals surface area contributed by atoms with Gasteiger partial charge in [-0.1, -0.05) is 29.8 Å². The van der Waals surface area contributed by atoms with Crippen molar-refractivity contribution in [2.24, 2.45) is 0 Å². The zero-order valence-corrected chi connectivity index (χ0v) is 13.7. The second kappa shape index (κ2) is 8.19. The van der Waals surface area contributed by atoms with Crippen molar-refractivity contribution in [1.29, 1.82) is 0 Å². The van der Waals surface area contributed by atoms with E-state index in [1.165, 1.54) is 25.3 Å². The van der Waals surface area contributed by atoms with Crippen LogP contribution in [0.15, 0.2) is 48.5 Å². The summed E-state index contributed by atoms with van der Waals surface area (Å²) in [7, 11) is 2.98. The van der Waals surface area contributed by atoms with Crippen LogP contribution in [0.3, 0.4) is 0 Å². The number of carbonyl (C=O) groups is 1. The molecule has 0 saturated heterocycles. The molecule has 23 heavy (non-hydrogen) atoms. The molecule has 2 amide bonds. The maximum absolute atomic E-state index is 11.6. The first-order chi connectivity index (χ1) is 11.1. The average Bonchev–Trinajstić information content (AvgIpc) is 2.55. The third-order valence-corrected chi connectivity index (χ3v) is 3.41. The lowest BCUT2D eigenvalue weighted by Crippen LogP contribution is -2.30. The van der Waals surface area contributed by atoms with Gasteiger partial charge in [-0.3, -0.25) is 4.84 Å². The van der Waals surface area contributed by atoms with Crippen molar-refractivity contribution in [3.05, 3.63) is 59.7 Å². The number of urea groups is 1. The van der Waals surface area contributed by atoms with Crippen LogP contribution in [0, 0.1) is 6.92 Å². The van der Waals surface area contributed by atoms with Crippen molar-refractivity contribution in [2.45, 2.75) is 13.3 Å². The molecule has 2 rings (SSSR count). The van der Waals surface area contributed by atoms with Gasteiger partial charge in [0.05, 0.1) is 13.7 Å². The zero-order chi connectivity index (χ0) is 16.7. The average molecular weight is 314 g/mol. The van der Waals surface area contributed by atoms with Crippen LogP contribution in [-0.2, 0) is 11.3 Å². The molecule has 0 atom stereocenters. The molecular formula is C18H22N2O3. The number of nitrogens with zero attached hydrogens (tertiary/aromatic N) is 1. The molecule has 2 aromatic rings. The normalized spacial score (nSPS) is 10.2. The van der Waals surface area contributed by atoms with Gasteiger partial charge in [-0.15, -0.1) is 0 Å². The second-order valence-electron chi connectivity index (χ2n) is 5.22. The molecule has 0 aliphatic heterocycles. The van der Waals surface area contributed by atoms with Crippen molar-refractivity contribution < 1.29 is 14.4 Å². The Morgan fingerprint density at radius 2 is 1.91 bits per heavy atom. The Kier molecular flexibility index (Phi) is 6.00. The summed E-state index contributed by atoms with van der Waals surface area (Å²) in [4.78, 5) is 16.5. The lowest BCUT2D eigenvalue weighted by Gasteiger charge is -2.14. The Bertz CT molecular complexity index is 641. The fourth-order valence-corrected chi connectivity index (χ4v) is 2.07. The number of carbonyl (C=O) groups excluding carboxylic acids is 1. The van der Waals surface area contributed by atoms with Crippen LogP contribution in [0.2, 0.25) is 0 Å². The highest BCUT2D eigenvalue weighted by Crippen LogP contribution is 2.16. The molecule has 0 saturated carbocycles. The maximum Gasteiger partial charge on any atom is 0.345 e. The van der Waals surface area contributed by atoms with E-state index in [9.17, 15) is 4.79 Å². The molecule has 1 N–H and O–H groups in total. The lowest BCUT2D eigenvalue weighted by molar-refractivity contribution is -0.0598. The molecule has 0 aliphatic carbocycles. The number of hydrogen-bond donors (Lipinski definition) is 1. The third-order valence-electron chi connectivity index (χ3n) is 3.41. The van der Waals surface area contributed by atoms with Gasteiger partial charge in [0.15, 0.2) is 0 Å². The smallest absolute Gasteiger partial charge is 0.345 e. The summed E-state index contributed by atoms with van der Waals surface area (Å²) in [6.07, 6.45) is 0.860. The monoisotopic (exact) mass is 314 g/mol. The highest BCUT2D eigenvalue weighted by atomic mass is 16.7. The molecule has 0 aromatic heterocycles. The molecule has 122 valence electrons. The summed E-state index contributed by atoms with van der Waals surface area (Å²) in [5.41, 5.74) is 3.20. The number of hydrogen-bond acceptors (Lipinski definition) is 3. The lowest BCUT2D eigenvalue weighted by atomic mass is 10.1. The molecule has 0 radical (unpaired) electrons. The minimum atomic E-state index is -0.333. The van der Waals surface area contributed by atoms with E-state index >= 15 is 0 Å². The number of anilines is 1. The Morgan fingerprint density at radius 3 is 2.57 bits per heavy atom. The molecule has 5 heteroatoms. The van der Waals surface area contributed by atoms with Gasteiger partial charge < -0.3 is 10.1 Å². The van der Waals surface area contributed by atoms with Gasteiger partial charge in [-0.2, -0.15) is 0 Å². The van der Waals surface area contributed by atoms with Crippen molar-refractivity contribution in [3.63, 3.8) is 0 Å². The Hall–Kier alpha value is -2.53. The molecule has 0 unspecified atom stereocenters. The molecule has 0 aliphatic rings. The van der Waals surface area contributed by atoms with Crippen LogP contribution in [0.5, 0.6) is 5.75 Å². The number of hydroxylamine groups is 2. The molecule has 0 spiro atoms. The first kappa shape index (κ1) is 16.8. The van der Waals surface area contributed by atoms with E-state index in [4.69, 9.17) is 9.57 Å². The van der Waals surface area contributed by atoms with E-state index in [2.05, 4.69) is 36.5 Å².